The first-order valence-electron chi connectivity index (χ1n) is 13.7. The summed E-state index contributed by atoms with van der Waals surface area (Å²) in [6, 6.07) is 34.3. The molecule has 202 valence electrons. The Morgan fingerprint density at radius 1 is 0.825 bits per heavy atom. The molecule has 0 radical (unpaired) electrons. The molecule has 0 aromatic heterocycles. The van der Waals surface area contributed by atoms with Gasteiger partial charge in [-0.05, 0) is 59.2 Å². The highest BCUT2D eigenvalue weighted by molar-refractivity contribution is 5.89. The normalized spacial score (nSPS) is 19.3. The second-order valence-corrected chi connectivity index (χ2v) is 10.4. The number of alkyl carbamates (subject to hydrolysis) is 1. The first-order chi connectivity index (χ1) is 19.6. The third-order valence-electron chi connectivity index (χ3n) is 8.01. The van der Waals surface area contributed by atoms with E-state index < -0.39 is 6.09 Å². The van der Waals surface area contributed by atoms with Crippen LogP contribution in [0.3, 0.4) is 0 Å². The van der Waals surface area contributed by atoms with Crippen LogP contribution in [0.4, 0.5) is 10.5 Å². The lowest BCUT2D eigenvalue weighted by atomic mass is 9.79. The largest absolute Gasteiger partial charge is 0.465 e. The van der Waals surface area contributed by atoms with Gasteiger partial charge in [-0.25, -0.2) is 9.59 Å². The van der Waals surface area contributed by atoms with Crippen molar-refractivity contribution in [3.63, 3.8) is 0 Å². The third kappa shape index (κ3) is 5.05. The molecule has 4 aromatic carbocycles. The predicted octanol–water partition coefficient (Wildman–Crippen LogP) is 7.08. The van der Waals surface area contributed by atoms with Gasteiger partial charge >= 0.3 is 12.1 Å². The maximum atomic E-state index is 13.0. The van der Waals surface area contributed by atoms with Gasteiger partial charge in [-0.2, -0.15) is 0 Å². The molecule has 0 spiro atoms. The van der Waals surface area contributed by atoms with E-state index in [-0.39, 0.29) is 30.7 Å². The Morgan fingerprint density at radius 3 is 2.25 bits per heavy atom. The minimum atomic E-state index is -0.435. The van der Waals surface area contributed by atoms with Gasteiger partial charge in [0, 0.05) is 5.69 Å². The van der Waals surface area contributed by atoms with Gasteiger partial charge in [0.15, 0.2) is 0 Å². The van der Waals surface area contributed by atoms with Crippen LogP contribution >= 0.6 is 0 Å². The van der Waals surface area contributed by atoms with Crippen molar-refractivity contribution in [1.82, 2.24) is 5.32 Å². The van der Waals surface area contributed by atoms with Crippen LogP contribution in [0, 0.1) is 0 Å². The van der Waals surface area contributed by atoms with E-state index in [0.717, 1.165) is 29.5 Å². The molecular weight excluding hydrogens is 500 g/mol. The number of aryl methyl sites for hydroxylation is 1. The average molecular weight is 533 g/mol. The molecule has 1 amide bonds. The van der Waals surface area contributed by atoms with Crippen molar-refractivity contribution >= 4 is 17.7 Å². The van der Waals surface area contributed by atoms with E-state index in [0.29, 0.717) is 12.0 Å². The molecule has 2 aliphatic heterocycles. The van der Waals surface area contributed by atoms with Gasteiger partial charge in [-0.3, -0.25) is 0 Å². The van der Waals surface area contributed by atoms with Crippen molar-refractivity contribution in [2.24, 2.45) is 0 Å². The van der Waals surface area contributed by atoms with Crippen LogP contribution in [0.25, 0.3) is 0 Å². The highest BCUT2D eigenvalue weighted by Gasteiger charge is 2.41. The van der Waals surface area contributed by atoms with Crippen molar-refractivity contribution < 1.29 is 19.1 Å². The monoisotopic (exact) mass is 532 g/mol. The smallest absolute Gasteiger partial charge is 0.407 e. The second-order valence-electron chi connectivity index (χ2n) is 10.4. The number of hydrogen-bond donors (Lipinski definition) is 1. The van der Waals surface area contributed by atoms with E-state index in [2.05, 4.69) is 52.7 Å². The Bertz CT molecular complexity index is 1490. The number of nitrogens with zero attached hydrogens (tertiary/aromatic N) is 1. The number of amides is 1. The third-order valence-corrected chi connectivity index (χ3v) is 8.01. The first kappa shape index (κ1) is 25.7. The van der Waals surface area contributed by atoms with Crippen LogP contribution in [-0.2, 0) is 22.5 Å². The minimum absolute atomic E-state index is 0.0229. The maximum absolute atomic E-state index is 13.0. The number of para-hydroxylation sites is 1. The fourth-order valence-electron chi connectivity index (χ4n) is 6.14. The van der Waals surface area contributed by atoms with Crippen LogP contribution in [0.5, 0.6) is 0 Å². The summed E-state index contributed by atoms with van der Waals surface area (Å²) in [5.74, 6) is -0.358. The molecule has 0 bridgehead atoms. The number of carbonyl (C=O) groups excluding carboxylic acids is 2. The van der Waals surface area contributed by atoms with E-state index in [9.17, 15) is 9.59 Å². The fraction of sp³-hybridized carbons (Fsp3) is 0.235. The molecule has 6 nitrogen and oxygen atoms in total. The zero-order valence-electron chi connectivity index (χ0n) is 22.5. The highest BCUT2D eigenvalue weighted by atomic mass is 16.5. The first-order valence-corrected chi connectivity index (χ1v) is 13.7. The SMILES string of the molecule is COC(=O)c1ccc([C@@H]2C[C@H](NC(=O)OCc3ccccc3)c3cccc4c3N2[C@@H](c2ccccc2)CC4)cc1. The molecule has 0 saturated heterocycles. The molecule has 0 unspecified atom stereocenters. The molecule has 3 atom stereocenters. The van der Waals surface area contributed by atoms with Gasteiger partial charge in [0.05, 0.1) is 30.8 Å². The number of ether oxygens (including phenoxy) is 2. The van der Waals surface area contributed by atoms with Gasteiger partial charge in [-0.1, -0.05) is 91.0 Å². The summed E-state index contributed by atoms with van der Waals surface area (Å²) in [5.41, 5.74) is 7.39. The zero-order chi connectivity index (χ0) is 27.5. The van der Waals surface area contributed by atoms with Crippen molar-refractivity contribution in [1.29, 1.82) is 0 Å². The topological polar surface area (TPSA) is 67.9 Å². The summed E-state index contributed by atoms with van der Waals surface area (Å²) in [4.78, 5) is 27.7. The molecule has 40 heavy (non-hydrogen) atoms. The molecule has 6 heteroatoms. The number of carbonyl (C=O) groups is 2. The van der Waals surface area contributed by atoms with Crippen LogP contribution < -0.4 is 10.2 Å². The Labute approximate surface area is 234 Å². The van der Waals surface area contributed by atoms with Crippen LogP contribution in [0.1, 0.15) is 69.1 Å². The van der Waals surface area contributed by atoms with Crippen molar-refractivity contribution in [2.45, 2.75) is 44.0 Å². The standard InChI is InChI=1S/C34H32N2O4/c1-39-33(37)27-17-15-25(16-18-27)31-21-29(35-34(38)40-22-23-9-4-2-5-10-23)28-14-8-13-26-19-20-30(36(31)32(26)28)24-11-6-3-7-12-24/h2-18,29-31H,19-22H2,1H3,(H,35,38)/t29-,30+,31-/m0/s1. The van der Waals surface area contributed by atoms with Gasteiger partial charge in [0.2, 0.25) is 0 Å². The van der Waals surface area contributed by atoms with E-state index in [1.165, 1.54) is 23.9 Å². The molecule has 1 N–H and O–H groups in total. The van der Waals surface area contributed by atoms with Gasteiger partial charge in [-0.15, -0.1) is 0 Å². The molecule has 2 heterocycles. The van der Waals surface area contributed by atoms with Gasteiger partial charge < -0.3 is 19.7 Å². The molecule has 0 aliphatic carbocycles. The van der Waals surface area contributed by atoms with Crippen molar-refractivity contribution in [3.05, 3.63) is 137 Å². The lowest BCUT2D eigenvalue weighted by Gasteiger charge is -2.50. The number of esters is 1. The second kappa shape index (κ2) is 11.3. The van der Waals surface area contributed by atoms with E-state index in [1.807, 2.05) is 60.7 Å². The maximum Gasteiger partial charge on any atom is 0.407 e. The zero-order valence-corrected chi connectivity index (χ0v) is 22.5. The van der Waals surface area contributed by atoms with Crippen LogP contribution in [-0.4, -0.2) is 19.2 Å². The molecule has 0 saturated carbocycles. The van der Waals surface area contributed by atoms with E-state index >= 15 is 0 Å². The van der Waals surface area contributed by atoms with Gasteiger partial charge in [0.25, 0.3) is 0 Å². The number of benzene rings is 4. The Balaban J connectivity index is 1.36. The number of nitrogens with one attached hydrogen (secondary N) is 1. The fourth-order valence-corrected chi connectivity index (χ4v) is 6.14. The summed E-state index contributed by atoms with van der Waals surface area (Å²) in [5, 5.41) is 3.17. The highest BCUT2D eigenvalue weighted by Crippen LogP contribution is 2.52. The number of hydrogen-bond acceptors (Lipinski definition) is 5. The Kier molecular flexibility index (Phi) is 7.23. The lowest BCUT2D eigenvalue weighted by molar-refractivity contribution is 0.0600. The number of rotatable bonds is 6. The van der Waals surface area contributed by atoms with Crippen molar-refractivity contribution in [2.75, 3.05) is 12.0 Å². The minimum Gasteiger partial charge on any atom is -0.465 e. The molecule has 4 aromatic rings. The van der Waals surface area contributed by atoms with Gasteiger partial charge in [0.1, 0.15) is 6.61 Å². The average Bonchev–Trinajstić information content (AvgIpc) is 3.02. The predicted molar refractivity (Wildman–Crippen MR) is 154 cm³/mol. The Hall–Kier alpha value is -4.58. The van der Waals surface area contributed by atoms with E-state index in [1.54, 1.807) is 0 Å². The summed E-state index contributed by atoms with van der Waals surface area (Å²) in [6.45, 7) is 0.215. The summed E-state index contributed by atoms with van der Waals surface area (Å²) < 4.78 is 10.5. The number of anilines is 1. The summed E-state index contributed by atoms with van der Waals surface area (Å²) in [7, 11) is 1.39. The summed E-state index contributed by atoms with van der Waals surface area (Å²) in [6.07, 6.45) is 2.18. The van der Waals surface area contributed by atoms with E-state index in [4.69, 9.17) is 9.47 Å². The quantitative estimate of drug-likeness (QED) is 0.269. The number of methoxy groups -OCH3 is 1. The van der Waals surface area contributed by atoms with Crippen LogP contribution in [0.15, 0.2) is 103 Å². The molecule has 0 fully saturated rings. The summed E-state index contributed by atoms with van der Waals surface area (Å²) >= 11 is 0. The van der Waals surface area contributed by atoms with Crippen molar-refractivity contribution in [3.8, 4) is 0 Å². The Morgan fingerprint density at radius 2 is 1.52 bits per heavy atom. The molecular formula is C34H32N2O4. The molecule has 2 aliphatic rings. The van der Waals surface area contributed by atoms with Crippen LogP contribution in [0.2, 0.25) is 0 Å². The molecule has 6 rings (SSSR count). The lowest BCUT2D eigenvalue weighted by Crippen LogP contribution is -2.44.